The first-order valence-corrected chi connectivity index (χ1v) is 6.33. The van der Waals surface area contributed by atoms with E-state index in [9.17, 15) is 14.3 Å². The maximum atomic E-state index is 13.0. The van der Waals surface area contributed by atoms with Gasteiger partial charge in [-0.05, 0) is 35.9 Å². The molecule has 0 fully saturated rings. The van der Waals surface area contributed by atoms with Gasteiger partial charge >= 0.3 is 0 Å². The van der Waals surface area contributed by atoms with E-state index >= 15 is 0 Å². The fourth-order valence-corrected chi connectivity index (χ4v) is 1.86. The molecule has 0 spiro atoms. The average Bonchev–Trinajstić information content (AvgIpc) is 2.53. The largest absolute Gasteiger partial charge is 0.497 e. The van der Waals surface area contributed by atoms with Crippen molar-refractivity contribution in [2.45, 2.75) is 6.10 Å². The molecule has 0 saturated carbocycles. The Morgan fingerprint density at radius 2 is 2.10 bits per heavy atom. The Hall–Kier alpha value is -2.40. The molecule has 0 aromatic heterocycles. The number of benzene rings is 2. The molecular formula is C16H15FO4. The summed E-state index contributed by atoms with van der Waals surface area (Å²) < 4.78 is 23.5. The summed E-state index contributed by atoms with van der Waals surface area (Å²) in [4.78, 5) is 10.9. The van der Waals surface area contributed by atoms with Gasteiger partial charge < -0.3 is 14.6 Å². The summed E-state index contributed by atoms with van der Waals surface area (Å²) in [6, 6.07) is 10.6. The maximum absolute atomic E-state index is 13.0. The van der Waals surface area contributed by atoms with E-state index in [-0.39, 0.29) is 17.9 Å². The summed E-state index contributed by atoms with van der Waals surface area (Å²) in [5.41, 5.74) is 0.733. The van der Waals surface area contributed by atoms with E-state index in [4.69, 9.17) is 9.47 Å². The zero-order valence-corrected chi connectivity index (χ0v) is 11.5. The van der Waals surface area contributed by atoms with Crippen LogP contribution in [-0.2, 0) is 0 Å². The van der Waals surface area contributed by atoms with Crippen LogP contribution in [0.25, 0.3) is 0 Å². The number of aliphatic hydroxyl groups excluding tert-OH is 1. The standard InChI is InChI=1S/C16H15FO4/c1-20-14-4-2-3-11(8-14)15(19)10-21-16-6-5-13(17)7-12(16)9-18/h2-9,15,19H,10H2,1H3. The third-order valence-electron chi connectivity index (χ3n) is 2.97. The van der Waals surface area contributed by atoms with E-state index in [1.807, 2.05) is 0 Å². The highest BCUT2D eigenvalue weighted by Gasteiger charge is 2.11. The minimum atomic E-state index is -0.885. The highest BCUT2D eigenvalue weighted by Crippen LogP contribution is 2.22. The Balaban J connectivity index is 2.07. The normalized spacial score (nSPS) is 11.8. The molecular weight excluding hydrogens is 275 g/mol. The van der Waals surface area contributed by atoms with Crippen LogP contribution in [0.4, 0.5) is 4.39 Å². The number of aldehydes is 1. The molecule has 0 aliphatic rings. The van der Waals surface area contributed by atoms with Crippen LogP contribution in [0.3, 0.4) is 0 Å². The van der Waals surface area contributed by atoms with Gasteiger partial charge in [-0.3, -0.25) is 4.79 Å². The fourth-order valence-electron chi connectivity index (χ4n) is 1.86. The molecule has 4 nitrogen and oxygen atoms in total. The second-order valence-corrected chi connectivity index (χ2v) is 4.40. The van der Waals surface area contributed by atoms with E-state index in [1.54, 1.807) is 24.3 Å². The Morgan fingerprint density at radius 3 is 2.81 bits per heavy atom. The summed E-state index contributed by atoms with van der Waals surface area (Å²) in [6.45, 7) is -0.0559. The lowest BCUT2D eigenvalue weighted by Crippen LogP contribution is -2.10. The van der Waals surface area contributed by atoms with E-state index in [0.29, 0.717) is 17.6 Å². The number of ether oxygens (including phenoxy) is 2. The van der Waals surface area contributed by atoms with Crippen LogP contribution in [0.1, 0.15) is 22.0 Å². The zero-order valence-electron chi connectivity index (χ0n) is 11.5. The fraction of sp³-hybridized carbons (Fsp3) is 0.188. The molecule has 110 valence electrons. The van der Waals surface area contributed by atoms with E-state index in [2.05, 4.69) is 0 Å². The molecule has 1 N–H and O–H groups in total. The highest BCUT2D eigenvalue weighted by atomic mass is 19.1. The van der Waals surface area contributed by atoms with Gasteiger partial charge in [-0.25, -0.2) is 4.39 Å². The van der Waals surface area contributed by atoms with E-state index in [1.165, 1.54) is 19.2 Å². The lowest BCUT2D eigenvalue weighted by atomic mass is 10.1. The summed E-state index contributed by atoms with van der Waals surface area (Å²) in [5, 5.41) is 10.1. The lowest BCUT2D eigenvalue weighted by molar-refractivity contribution is 0.104. The summed E-state index contributed by atoms with van der Waals surface area (Å²) in [5.74, 6) is 0.341. The number of carbonyl (C=O) groups excluding carboxylic acids is 1. The van der Waals surface area contributed by atoms with Crippen molar-refractivity contribution in [1.82, 2.24) is 0 Å². The minimum absolute atomic E-state index is 0.0559. The van der Waals surface area contributed by atoms with E-state index < -0.39 is 11.9 Å². The maximum Gasteiger partial charge on any atom is 0.153 e. The predicted octanol–water partition coefficient (Wildman–Crippen LogP) is 2.76. The van der Waals surface area contributed by atoms with Gasteiger partial charge in [0.2, 0.25) is 0 Å². The molecule has 0 amide bonds. The number of carbonyl (C=O) groups is 1. The molecule has 21 heavy (non-hydrogen) atoms. The van der Waals surface area contributed by atoms with Gasteiger partial charge in [0, 0.05) is 0 Å². The van der Waals surface area contributed by atoms with Crippen LogP contribution in [-0.4, -0.2) is 25.1 Å². The summed E-state index contributed by atoms with van der Waals surface area (Å²) >= 11 is 0. The van der Waals surface area contributed by atoms with Crippen molar-refractivity contribution in [2.75, 3.05) is 13.7 Å². The van der Waals surface area contributed by atoms with Crippen molar-refractivity contribution in [1.29, 1.82) is 0 Å². The third kappa shape index (κ3) is 3.79. The number of halogens is 1. The summed E-state index contributed by atoms with van der Waals surface area (Å²) in [7, 11) is 1.54. The quantitative estimate of drug-likeness (QED) is 0.831. The molecule has 2 rings (SSSR count). The van der Waals surface area contributed by atoms with Crippen molar-refractivity contribution in [3.05, 3.63) is 59.4 Å². The van der Waals surface area contributed by atoms with Gasteiger partial charge in [0.05, 0.1) is 12.7 Å². The molecule has 2 aromatic carbocycles. The first-order chi connectivity index (χ1) is 10.1. The van der Waals surface area contributed by atoms with Crippen LogP contribution in [0.2, 0.25) is 0 Å². The SMILES string of the molecule is COc1cccc(C(O)COc2ccc(F)cc2C=O)c1. The molecule has 5 heteroatoms. The van der Waals surface area contributed by atoms with Crippen LogP contribution in [0.15, 0.2) is 42.5 Å². The average molecular weight is 290 g/mol. The number of rotatable bonds is 6. The summed E-state index contributed by atoms with van der Waals surface area (Å²) in [6.07, 6.45) is -0.374. The van der Waals surface area contributed by atoms with Gasteiger partial charge in [0.15, 0.2) is 6.29 Å². The van der Waals surface area contributed by atoms with Gasteiger partial charge in [-0.1, -0.05) is 12.1 Å². The molecule has 1 atom stereocenters. The number of hydrogen-bond donors (Lipinski definition) is 1. The second-order valence-electron chi connectivity index (χ2n) is 4.40. The van der Waals surface area contributed by atoms with Gasteiger partial charge in [0.25, 0.3) is 0 Å². The minimum Gasteiger partial charge on any atom is -0.497 e. The van der Waals surface area contributed by atoms with Crippen LogP contribution in [0, 0.1) is 5.82 Å². The Kier molecular flexibility index (Phi) is 4.90. The molecule has 2 aromatic rings. The number of hydrogen-bond acceptors (Lipinski definition) is 4. The first kappa shape index (κ1) is 15.0. The molecule has 0 heterocycles. The van der Waals surface area contributed by atoms with Crippen molar-refractivity contribution < 1.29 is 23.8 Å². The topological polar surface area (TPSA) is 55.8 Å². The highest BCUT2D eigenvalue weighted by molar-refractivity contribution is 5.79. The van der Waals surface area contributed by atoms with Crippen molar-refractivity contribution in [3.63, 3.8) is 0 Å². The van der Waals surface area contributed by atoms with Crippen molar-refractivity contribution in [3.8, 4) is 11.5 Å². The Labute approximate surface area is 121 Å². The smallest absolute Gasteiger partial charge is 0.153 e. The monoisotopic (exact) mass is 290 g/mol. The molecule has 0 aliphatic carbocycles. The molecule has 0 bridgehead atoms. The van der Waals surface area contributed by atoms with Crippen molar-refractivity contribution >= 4 is 6.29 Å². The number of methoxy groups -OCH3 is 1. The lowest BCUT2D eigenvalue weighted by Gasteiger charge is -2.14. The zero-order chi connectivity index (χ0) is 15.2. The van der Waals surface area contributed by atoms with Crippen molar-refractivity contribution in [2.24, 2.45) is 0 Å². The van der Waals surface area contributed by atoms with Gasteiger partial charge in [-0.15, -0.1) is 0 Å². The molecule has 1 unspecified atom stereocenters. The van der Waals surface area contributed by atoms with Crippen LogP contribution >= 0.6 is 0 Å². The van der Waals surface area contributed by atoms with Crippen LogP contribution < -0.4 is 9.47 Å². The Bertz CT molecular complexity index is 627. The van der Waals surface area contributed by atoms with Gasteiger partial charge in [0.1, 0.15) is 30.0 Å². The molecule has 0 saturated heterocycles. The predicted molar refractivity (Wildman–Crippen MR) is 75.2 cm³/mol. The first-order valence-electron chi connectivity index (χ1n) is 6.33. The second kappa shape index (κ2) is 6.85. The van der Waals surface area contributed by atoms with Crippen LogP contribution in [0.5, 0.6) is 11.5 Å². The van der Waals surface area contributed by atoms with Gasteiger partial charge in [-0.2, -0.15) is 0 Å². The van der Waals surface area contributed by atoms with E-state index in [0.717, 1.165) is 6.07 Å². The third-order valence-corrected chi connectivity index (χ3v) is 2.97. The number of aliphatic hydroxyl groups is 1. The molecule has 0 aliphatic heterocycles. The molecule has 0 radical (unpaired) electrons. The Morgan fingerprint density at radius 1 is 1.29 bits per heavy atom.